The summed E-state index contributed by atoms with van der Waals surface area (Å²) in [7, 11) is 1.71. The van der Waals surface area contributed by atoms with Crippen LogP contribution in [0.2, 0.25) is 0 Å². The minimum atomic E-state index is -0.352. The van der Waals surface area contributed by atoms with Gasteiger partial charge in [-0.05, 0) is 31.6 Å². The van der Waals surface area contributed by atoms with Gasteiger partial charge in [-0.1, -0.05) is 0 Å². The van der Waals surface area contributed by atoms with Gasteiger partial charge in [-0.25, -0.2) is 14.4 Å². The minimum absolute atomic E-state index is 0.279. The SMILES string of the molecule is COCCC1(CNc2ncnc(C)c2F)CC1. The molecule has 4 nitrogen and oxygen atoms in total. The number of methoxy groups -OCH3 is 1. The van der Waals surface area contributed by atoms with E-state index < -0.39 is 0 Å². The number of nitrogens with one attached hydrogen (secondary N) is 1. The van der Waals surface area contributed by atoms with E-state index in [1.807, 2.05) is 0 Å². The van der Waals surface area contributed by atoms with Gasteiger partial charge in [-0.3, -0.25) is 0 Å². The first-order valence-corrected chi connectivity index (χ1v) is 5.87. The van der Waals surface area contributed by atoms with Crippen molar-refractivity contribution in [1.29, 1.82) is 0 Å². The van der Waals surface area contributed by atoms with Crippen molar-refractivity contribution in [2.45, 2.75) is 26.2 Å². The molecule has 0 unspecified atom stereocenters. The summed E-state index contributed by atoms with van der Waals surface area (Å²) in [6.45, 7) is 3.15. The number of ether oxygens (including phenoxy) is 1. The zero-order valence-electron chi connectivity index (χ0n) is 10.3. The van der Waals surface area contributed by atoms with Crippen LogP contribution >= 0.6 is 0 Å². The average Bonchev–Trinajstić information content (AvgIpc) is 3.09. The van der Waals surface area contributed by atoms with Gasteiger partial charge in [0.15, 0.2) is 11.6 Å². The molecule has 1 saturated carbocycles. The van der Waals surface area contributed by atoms with Gasteiger partial charge in [0.1, 0.15) is 6.33 Å². The van der Waals surface area contributed by atoms with Crippen molar-refractivity contribution >= 4 is 5.82 Å². The van der Waals surface area contributed by atoms with Crippen LogP contribution in [0.1, 0.15) is 25.0 Å². The molecule has 17 heavy (non-hydrogen) atoms. The first-order chi connectivity index (χ1) is 8.17. The lowest BCUT2D eigenvalue weighted by atomic mass is 10.0. The van der Waals surface area contributed by atoms with E-state index in [0.29, 0.717) is 11.5 Å². The van der Waals surface area contributed by atoms with Crippen molar-refractivity contribution < 1.29 is 9.13 Å². The van der Waals surface area contributed by atoms with Crippen LogP contribution in [-0.2, 0) is 4.74 Å². The molecule has 0 radical (unpaired) electrons. The molecule has 0 aliphatic heterocycles. The summed E-state index contributed by atoms with van der Waals surface area (Å²) in [4.78, 5) is 7.72. The summed E-state index contributed by atoms with van der Waals surface area (Å²) in [5, 5.41) is 3.08. The van der Waals surface area contributed by atoms with Crippen LogP contribution in [0, 0.1) is 18.2 Å². The zero-order chi connectivity index (χ0) is 12.3. The van der Waals surface area contributed by atoms with E-state index in [2.05, 4.69) is 15.3 Å². The highest BCUT2D eigenvalue weighted by Gasteiger charge is 2.41. The number of aryl methyl sites for hydroxylation is 1. The summed E-state index contributed by atoms with van der Waals surface area (Å²) >= 11 is 0. The van der Waals surface area contributed by atoms with E-state index in [9.17, 15) is 4.39 Å². The van der Waals surface area contributed by atoms with E-state index in [1.165, 1.54) is 19.2 Å². The molecule has 5 heteroatoms. The quantitative estimate of drug-likeness (QED) is 0.826. The highest BCUT2D eigenvalue weighted by molar-refractivity contribution is 5.37. The van der Waals surface area contributed by atoms with Crippen molar-refractivity contribution in [2.24, 2.45) is 5.41 Å². The van der Waals surface area contributed by atoms with E-state index in [1.54, 1.807) is 14.0 Å². The van der Waals surface area contributed by atoms with E-state index >= 15 is 0 Å². The van der Waals surface area contributed by atoms with Crippen LogP contribution in [0.15, 0.2) is 6.33 Å². The predicted molar refractivity (Wildman–Crippen MR) is 63.4 cm³/mol. The predicted octanol–water partition coefficient (Wildman–Crippen LogP) is 2.15. The fourth-order valence-electron chi connectivity index (χ4n) is 1.86. The minimum Gasteiger partial charge on any atom is -0.385 e. The van der Waals surface area contributed by atoms with Gasteiger partial charge in [-0.2, -0.15) is 0 Å². The Hall–Kier alpha value is -1.23. The lowest BCUT2D eigenvalue weighted by Crippen LogP contribution is -2.19. The number of rotatable bonds is 6. The van der Waals surface area contributed by atoms with Gasteiger partial charge in [0, 0.05) is 20.3 Å². The fraction of sp³-hybridized carbons (Fsp3) is 0.667. The van der Waals surface area contributed by atoms with E-state index in [0.717, 1.165) is 19.6 Å². The maximum atomic E-state index is 13.6. The second-order valence-corrected chi connectivity index (χ2v) is 4.72. The smallest absolute Gasteiger partial charge is 0.186 e. The van der Waals surface area contributed by atoms with Gasteiger partial charge < -0.3 is 10.1 Å². The summed E-state index contributed by atoms with van der Waals surface area (Å²) in [5.74, 6) is -0.0452. The standard InChI is InChI=1S/C12H18FN3O/c1-9-10(13)11(16-8-15-9)14-7-12(3-4-12)5-6-17-2/h8H,3-7H2,1-2H3,(H,14,15,16). The average molecular weight is 239 g/mol. The third kappa shape index (κ3) is 2.91. The molecule has 1 fully saturated rings. The van der Waals surface area contributed by atoms with Crippen molar-refractivity contribution in [3.05, 3.63) is 17.8 Å². The van der Waals surface area contributed by atoms with Crippen molar-refractivity contribution in [2.75, 3.05) is 25.6 Å². The third-order valence-corrected chi connectivity index (χ3v) is 3.39. The van der Waals surface area contributed by atoms with Crippen LogP contribution < -0.4 is 5.32 Å². The van der Waals surface area contributed by atoms with Crippen molar-refractivity contribution in [1.82, 2.24) is 9.97 Å². The number of halogens is 1. The van der Waals surface area contributed by atoms with Gasteiger partial charge >= 0.3 is 0 Å². The maximum absolute atomic E-state index is 13.6. The highest BCUT2D eigenvalue weighted by Crippen LogP contribution is 2.48. The Morgan fingerprint density at radius 2 is 2.24 bits per heavy atom. The molecule has 1 heterocycles. The first-order valence-electron chi connectivity index (χ1n) is 5.87. The number of hydrogen-bond acceptors (Lipinski definition) is 4. The summed E-state index contributed by atoms with van der Waals surface area (Å²) in [6, 6.07) is 0. The number of anilines is 1. The molecule has 0 aromatic carbocycles. The summed E-state index contributed by atoms with van der Waals surface area (Å²) in [6.07, 6.45) is 4.75. The largest absolute Gasteiger partial charge is 0.385 e. The lowest BCUT2D eigenvalue weighted by molar-refractivity contribution is 0.175. The van der Waals surface area contributed by atoms with Crippen molar-refractivity contribution in [3.63, 3.8) is 0 Å². The van der Waals surface area contributed by atoms with Gasteiger partial charge in [0.25, 0.3) is 0 Å². The van der Waals surface area contributed by atoms with E-state index in [4.69, 9.17) is 4.74 Å². The zero-order valence-corrected chi connectivity index (χ0v) is 10.3. The normalized spacial score (nSPS) is 16.9. The molecular formula is C12H18FN3O. The molecule has 0 amide bonds. The fourth-order valence-corrected chi connectivity index (χ4v) is 1.86. The molecule has 1 aliphatic rings. The second kappa shape index (κ2) is 4.96. The van der Waals surface area contributed by atoms with Gasteiger partial charge in [0.2, 0.25) is 0 Å². The van der Waals surface area contributed by atoms with Crippen LogP contribution in [0.25, 0.3) is 0 Å². The molecular weight excluding hydrogens is 221 g/mol. The van der Waals surface area contributed by atoms with Crippen LogP contribution in [0.3, 0.4) is 0 Å². The maximum Gasteiger partial charge on any atom is 0.186 e. The van der Waals surface area contributed by atoms with Crippen LogP contribution in [0.5, 0.6) is 0 Å². The molecule has 1 aromatic rings. The molecule has 2 rings (SSSR count). The van der Waals surface area contributed by atoms with Gasteiger partial charge in [0.05, 0.1) is 5.69 Å². The number of hydrogen-bond donors (Lipinski definition) is 1. The lowest BCUT2D eigenvalue weighted by Gasteiger charge is -2.16. The Kier molecular flexibility index (Phi) is 3.57. The molecule has 0 saturated heterocycles. The highest BCUT2D eigenvalue weighted by atomic mass is 19.1. The van der Waals surface area contributed by atoms with Gasteiger partial charge in [-0.15, -0.1) is 0 Å². The molecule has 0 bridgehead atoms. The van der Waals surface area contributed by atoms with Crippen LogP contribution in [0.4, 0.5) is 10.2 Å². The summed E-state index contributed by atoms with van der Waals surface area (Å²) < 4.78 is 18.7. The molecule has 1 aromatic heterocycles. The van der Waals surface area contributed by atoms with E-state index in [-0.39, 0.29) is 11.2 Å². The Bertz CT molecular complexity index is 393. The second-order valence-electron chi connectivity index (χ2n) is 4.72. The Morgan fingerprint density at radius 1 is 1.47 bits per heavy atom. The topological polar surface area (TPSA) is 47.0 Å². The third-order valence-electron chi connectivity index (χ3n) is 3.39. The monoisotopic (exact) mass is 239 g/mol. The number of nitrogens with zero attached hydrogens (tertiary/aromatic N) is 2. The molecule has 0 atom stereocenters. The van der Waals surface area contributed by atoms with Crippen LogP contribution in [-0.4, -0.2) is 30.2 Å². The molecule has 94 valence electrons. The molecule has 0 spiro atoms. The summed E-state index contributed by atoms with van der Waals surface area (Å²) in [5.41, 5.74) is 0.658. The molecule has 1 aliphatic carbocycles. The Labute approximate surface area is 101 Å². The molecule has 1 N–H and O–H groups in total. The Balaban J connectivity index is 1.92. The van der Waals surface area contributed by atoms with Crippen molar-refractivity contribution in [3.8, 4) is 0 Å². The first kappa shape index (κ1) is 12.2. The number of aromatic nitrogens is 2. The Morgan fingerprint density at radius 3 is 2.88 bits per heavy atom.